The first-order valence-electron chi connectivity index (χ1n) is 8.59. The van der Waals surface area contributed by atoms with E-state index >= 15 is 0 Å². The lowest BCUT2D eigenvalue weighted by atomic mass is 9.93. The van der Waals surface area contributed by atoms with Crippen molar-refractivity contribution < 1.29 is 4.79 Å². The van der Waals surface area contributed by atoms with Crippen molar-refractivity contribution in [1.29, 1.82) is 0 Å². The third-order valence-electron chi connectivity index (χ3n) is 4.44. The minimum atomic E-state index is -0.497. The molecule has 6 heteroatoms. The van der Waals surface area contributed by atoms with E-state index in [1.807, 2.05) is 50.4 Å². The number of carbonyl (C=O) groups is 1. The second-order valence-corrected chi connectivity index (χ2v) is 8.40. The third-order valence-corrected chi connectivity index (χ3v) is 5.36. The Morgan fingerprint density at radius 3 is 2.62 bits per heavy atom. The summed E-state index contributed by atoms with van der Waals surface area (Å²) in [5, 5.41) is 8.40. The maximum Gasteiger partial charge on any atom is 0.248 e. The van der Waals surface area contributed by atoms with Crippen LogP contribution in [-0.4, -0.2) is 26.6 Å². The smallest absolute Gasteiger partial charge is 0.248 e. The minimum absolute atomic E-state index is 0.0216. The molecule has 0 fully saturated rings. The predicted octanol–water partition coefficient (Wildman–Crippen LogP) is 4.42. The first kappa shape index (κ1) is 16.8. The molecular weight excluding hydrogens is 344 g/mol. The van der Waals surface area contributed by atoms with Gasteiger partial charge in [0.25, 0.3) is 0 Å². The van der Waals surface area contributed by atoms with Crippen LogP contribution in [-0.2, 0) is 4.79 Å². The Balaban J connectivity index is 1.76. The molecule has 1 amide bonds. The molecule has 0 unspecified atom stereocenters. The number of thiophene rings is 1. The van der Waals surface area contributed by atoms with Crippen LogP contribution in [0.25, 0.3) is 11.0 Å². The molecule has 3 heterocycles. The van der Waals surface area contributed by atoms with Gasteiger partial charge in [0.15, 0.2) is 0 Å². The Kier molecular flexibility index (Phi) is 4.07. The van der Waals surface area contributed by atoms with Crippen molar-refractivity contribution in [2.24, 2.45) is 10.5 Å². The zero-order valence-electron chi connectivity index (χ0n) is 15.0. The largest absolute Gasteiger partial charge is 0.272 e. The Hall–Kier alpha value is -2.60. The lowest BCUT2D eigenvalue weighted by Crippen LogP contribution is -2.36. The third kappa shape index (κ3) is 3.01. The standard InChI is InChI=1S/C20H20N4OS/c1-20(2,3)19(25)24-17(12-16(23-24)18-5-4-10-26-18)13-6-7-14-15(11-13)22-9-8-21-14/h4-11,17H,12H2,1-3H3/t17-/m0/s1. The van der Waals surface area contributed by atoms with Crippen LogP contribution >= 0.6 is 11.3 Å². The van der Waals surface area contributed by atoms with Gasteiger partial charge in [-0.1, -0.05) is 32.9 Å². The second-order valence-electron chi connectivity index (χ2n) is 7.45. The van der Waals surface area contributed by atoms with Gasteiger partial charge in [0.2, 0.25) is 5.91 Å². The number of aromatic nitrogens is 2. The number of hydrazone groups is 1. The lowest BCUT2D eigenvalue weighted by Gasteiger charge is -2.28. The van der Waals surface area contributed by atoms with E-state index in [2.05, 4.69) is 16.0 Å². The number of hydrogen-bond acceptors (Lipinski definition) is 5. The van der Waals surface area contributed by atoms with Crippen molar-refractivity contribution in [3.63, 3.8) is 0 Å². The van der Waals surface area contributed by atoms with Crippen LogP contribution in [0.15, 0.2) is 53.2 Å². The van der Waals surface area contributed by atoms with E-state index in [-0.39, 0.29) is 11.9 Å². The molecule has 0 N–H and O–H groups in total. The zero-order valence-corrected chi connectivity index (χ0v) is 15.8. The zero-order chi connectivity index (χ0) is 18.3. The fraction of sp³-hybridized carbons (Fsp3) is 0.300. The molecule has 0 saturated carbocycles. The van der Waals surface area contributed by atoms with Gasteiger partial charge in [0.1, 0.15) is 0 Å². The Morgan fingerprint density at radius 1 is 1.15 bits per heavy atom. The number of fused-ring (bicyclic) bond motifs is 1. The van der Waals surface area contributed by atoms with Crippen molar-refractivity contribution >= 4 is 34.0 Å². The average molecular weight is 364 g/mol. The highest BCUT2D eigenvalue weighted by molar-refractivity contribution is 7.12. The van der Waals surface area contributed by atoms with Gasteiger partial charge in [-0.2, -0.15) is 5.10 Å². The van der Waals surface area contributed by atoms with Crippen LogP contribution < -0.4 is 0 Å². The summed E-state index contributed by atoms with van der Waals surface area (Å²) >= 11 is 1.65. The molecule has 5 nitrogen and oxygen atoms in total. The van der Waals surface area contributed by atoms with Crippen molar-refractivity contribution in [3.05, 3.63) is 58.5 Å². The fourth-order valence-electron chi connectivity index (χ4n) is 3.08. The van der Waals surface area contributed by atoms with Crippen molar-refractivity contribution in [2.75, 3.05) is 0 Å². The summed E-state index contributed by atoms with van der Waals surface area (Å²) < 4.78 is 0. The van der Waals surface area contributed by atoms with E-state index in [0.717, 1.165) is 27.2 Å². The van der Waals surface area contributed by atoms with Gasteiger partial charge in [-0.15, -0.1) is 11.3 Å². The van der Waals surface area contributed by atoms with Crippen molar-refractivity contribution in [2.45, 2.75) is 33.2 Å². The van der Waals surface area contributed by atoms with Gasteiger partial charge in [0.05, 0.1) is 27.7 Å². The van der Waals surface area contributed by atoms with Crippen LogP contribution in [0.2, 0.25) is 0 Å². The molecular formula is C20H20N4OS. The van der Waals surface area contributed by atoms with Gasteiger partial charge in [-0.25, -0.2) is 5.01 Å². The molecule has 2 aromatic heterocycles. The summed E-state index contributed by atoms with van der Waals surface area (Å²) in [5.41, 5.74) is 3.18. The number of rotatable bonds is 2. The predicted molar refractivity (Wildman–Crippen MR) is 104 cm³/mol. The normalized spacial score (nSPS) is 17.6. The highest BCUT2D eigenvalue weighted by atomic mass is 32.1. The van der Waals surface area contributed by atoms with E-state index in [1.165, 1.54) is 0 Å². The van der Waals surface area contributed by atoms with E-state index in [0.29, 0.717) is 6.42 Å². The van der Waals surface area contributed by atoms with E-state index in [1.54, 1.807) is 28.7 Å². The van der Waals surface area contributed by atoms with E-state index in [4.69, 9.17) is 5.10 Å². The number of amides is 1. The molecule has 0 saturated heterocycles. The average Bonchev–Trinajstić information content (AvgIpc) is 3.29. The monoisotopic (exact) mass is 364 g/mol. The van der Waals surface area contributed by atoms with Crippen LogP contribution in [0, 0.1) is 5.41 Å². The quantitative estimate of drug-likeness (QED) is 0.676. The molecule has 0 bridgehead atoms. The number of carbonyl (C=O) groups excluding carboxylic acids is 1. The van der Waals surface area contributed by atoms with Gasteiger partial charge < -0.3 is 0 Å². The molecule has 132 valence electrons. The Bertz CT molecular complexity index is 988. The SMILES string of the molecule is CC(C)(C)C(=O)N1N=C(c2cccs2)C[C@H]1c1ccc2nccnc2c1. The molecule has 26 heavy (non-hydrogen) atoms. The summed E-state index contributed by atoms with van der Waals surface area (Å²) in [6.45, 7) is 5.78. The molecule has 1 aliphatic rings. The summed E-state index contributed by atoms with van der Waals surface area (Å²) in [4.78, 5) is 22.9. The molecule has 0 spiro atoms. The maximum absolute atomic E-state index is 13.0. The van der Waals surface area contributed by atoms with E-state index in [9.17, 15) is 4.79 Å². The summed E-state index contributed by atoms with van der Waals surface area (Å²) in [6.07, 6.45) is 4.07. The molecule has 0 aliphatic carbocycles. The van der Waals surface area contributed by atoms with Gasteiger partial charge in [-0.3, -0.25) is 14.8 Å². The highest BCUT2D eigenvalue weighted by Gasteiger charge is 2.38. The van der Waals surface area contributed by atoms with Crippen molar-refractivity contribution in [3.8, 4) is 0 Å². The molecule has 4 rings (SSSR count). The number of nitrogens with zero attached hydrogens (tertiary/aromatic N) is 4. The first-order valence-corrected chi connectivity index (χ1v) is 9.47. The summed E-state index contributed by atoms with van der Waals surface area (Å²) in [6, 6.07) is 9.95. The van der Waals surface area contributed by atoms with Crippen LogP contribution in [0.1, 0.15) is 43.7 Å². The van der Waals surface area contributed by atoms with Crippen LogP contribution in [0.4, 0.5) is 0 Å². The first-order chi connectivity index (χ1) is 12.4. The van der Waals surface area contributed by atoms with Crippen LogP contribution in [0.5, 0.6) is 0 Å². The van der Waals surface area contributed by atoms with Gasteiger partial charge in [0, 0.05) is 24.2 Å². The topological polar surface area (TPSA) is 58.5 Å². The number of hydrogen-bond donors (Lipinski definition) is 0. The minimum Gasteiger partial charge on any atom is -0.272 e. The molecule has 3 aromatic rings. The van der Waals surface area contributed by atoms with Gasteiger partial charge in [-0.05, 0) is 29.1 Å². The molecule has 1 atom stereocenters. The van der Waals surface area contributed by atoms with E-state index < -0.39 is 5.41 Å². The second kappa shape index (κ2) is 6.29. The fourth-order valence-corrected chi connectivity index (χ4v) is 3.80. The summed E-state index contributed by atoms with van der Waals surface area (Å²) in [5.74, 6) is 0.0216. The maximum atomic E-state index is 13.0. The van der Waals surface area contributed by atoms with Gasteiger partial charge >= 0.3 is 0 Å². The Morgan fingerprint density at radius 2 is 1.92 bits per heavy atom. The Labute approximate surface area is 156 Å². The summed E-state index contributed by atoms with van der Waals surface area (Å²) in [7, 11) is 0. The molecule has 1 aromatic carbocycles. The number of benzene rings is 1. The van der Waals surface area contributed by atoms with Crippen molar-refractivity contribution in [1.82, 2.24) is 15.0 Å². The molecule has 0 radical (unpaired) electrons. The van der Waals surface area contributed by atoms with Crippen LogP contribution in [0.3, 0.4) is 0 Å². The highest BCUT2D eigenvalue weighted by Crippen LogP contribution is 2.37. The lowest BCUT2D eigenvalue weighted by molar-refractivity contribution is -0.141. The molecule has 1 aliphatic heterocycles.